The smallest absolute Gasteiger partial charge is 0.303 e. The minimum absolute atomic E-state index is 0.0967. The van der Waals surface area contributed by atoms with Crippen LogP contribution in [0.2, 0.25) is 0 Å². The van der Waals surface area contributed by atoms with Gasteiger partial charge in [-0.15, -0.1) is 0 Å². The van der Waals surface area contributed by atoms with Crippen LogP contribution in [0.25, 0.3) is 0 Å². The van der Waals surface area contributed by atoms with E-state index in [1.54, 1.807) is 11.0 Å². The number of aliphatic carboxylic acids is 1. The van der Waals surface area contributed by atoms with Crippen molar-refractivity contribution in [3.05, 3.63) is 22.8 Å². The van der Waals surface area contributed by atoms with Gasteiger partial charge in [-0.2, -0.15) is 0 Å². The van der Waals surface area contributed by atoms with Crippen molar-refractivity contribution in [3.8, 4) is 11.5 Å². The number of carbonyl (C=O) groups excluding carboxylic acids is 1. The van der Waals surface area contributed by atoms with Crippen LogP contribution in [0, 0.1) is 22.7 Å². The molecule has 5 atom stereocenters. The second-order valence-electron chi connectivity index (χ2n) is 12.3. The van der Waals surface area contributed by atoms with E-state index in [1.165, 1.54) is 0 Å². The van der Waals surface area contributed by atoms with E-state index < -0.39 is 11.6 Å². The Kier molecular flexibility index (Phi) is 5.66. The highest BCUT2D eigenvalue weighted by Gasteiger charge is 2.67. The average molecular weight is 486 g/mol. The molecule has 1 amide bonds. The summed E-state index contributed by atoms with van der Waals surface area (Å²) >= 11 is 0. The first-order valence-electron chi connectivity index (χ1n) is 13.2. The number of nitrogens with zero attached hydrogens (tertiary/aromatic N) is 1. The van der Waals surface area contributed by atoms with E-state index in [2.05, 4.69) is 27.7 Å². The normalized spacial score (nSPS) is 34.9. The fourth-order valence-electron chi connectivity index (χ4n) is 8.09. The summed E-state index contributed by atoms with van der Waals surface area (Å²) in [6.07, 6.45) is 5.20. The summed E-state index contributed by atoms with van der Waals surface area (Å²) in [6, 6.07) is 1.61. The SMILES string of the molecule is C[C@@H]1CC[C@H]2C(C)(C)[C@H](O)CC[C@]2(C)[C@@]12Cc1c(O)cc3c(c1O2)CN(CCCCC(=O)O)C3=O. The summed E-state index contributed by atoms with van der Waals surface area (Å²) in [5, 5.41) is 30.8. The van der Waals surface area contributed by atoms with Gasteiger partial charge in [0.2, 0.25) is 0 Å². The maximum atomic E-state index is 13.1. The van der Waals surface area contributed by atoms with Crippen LogP contribution in [0.4, 0.5) is 0 Å². The number of hydrogen-bond donors (Lipinski definition) is 3. The molecule has 4 aliphatic rings. The number of carboxylic acids is 1. The molecule has 0 aromatic heterocycles. The number of phenolic OH excluding ortho intramolecular Hbond substituents is 1. The molecule has 3 N–H and O–H groups in total. The van der Waals surface area contributed by atoms with E-state index >= 15 is 0 Å². The molecule has 1 spiro atoms. The molecule has 0 radical (unpaired) electrons. The molecule has 0 bridgehead atoms. The summed E-state index contributed by atoms with van der Waals surface area (Å²) < 4.78 is 7.03. The van der Waals surface area contributed by atoms with Crippen LogP contribution in [-0.2, 0) is 17.8 Å². The van der Waals surface area contributed by atoms with E-state index in [4.69, 9.17) is 9.84 Å². The lowest BCUT2D eigenvalue weighted by molar-refractivity contribution is -0.210. The molecule has 0 saturated heterocycles. The van der Waals surface area contributed by atoms with Crippen LogP contribution in [0.15, 0.2) is 6.07 Å². The number of benzene rings is 1. The van der Waals surface area contributed by atoms with Gasteiger partial charge < -0.3 is 25.0 Å². The molecule has 2 saturated carbocycles. The van der Waals surface area contributed by atoms with Gasteiger partial charge in [0, 0.05) is 35.9 Å². The zero-order valence-electron chi connectivity index (χ0n) is 21.4. The quantitative estimate of drug-likeness (QED) is 0.530. The third-order valence-electron chi connectivity index (χ3n) is 10.2. The monoisotopic (exact) mass is 485 g/mol. The van der Waals surface area contributed by atoms with Gasteiger partial charge in [0.25, 0.3) is 5.91 Å². The van der Waals surface area contributed by atoms with Crippen molar-refractivity contribution in [1.29, 1.82) is 0 Å². The van der Waals surface area contributed by atoms with Crippen molar-refractivity contribution in [2.45, 2.75) is 97.3 Å². The van der Waals surface area contributed by atoms with Crippen LogP contribution in [0.5, 0.6) is 11.5 Å². The zero-order valence-corrected chi connectivity index (χ0v) is 21.4. The molecule has 0 unspecified atom stereocenters. The number of carbonyl (C=O) groups is 2. The summed E-state index contributed by atoms with van der Waals surface area (Å²) in [6.45, 7) is 9.86. The van der Waals surface area contributed by atoms with E-state index in [1.807, 2.05) is 0 Å². The Morgan fingerprint density at radius 1 is 1.17 bits per heavy atom. The Labute approximate surface area is 207 Å². The summed E-state index contributed by atoms with van der Waals surface area (Å²) in [7, 11) is 0. The molecule has 7 nitrogen and oxygen atoms in total. The molecule has 2 heterocycles. The fraction of sp³-hybridized carbons (Fsp3) is 0.714. The van der Waals surface area contributed by atoms with Crippen molar-refractivity contribution in [2.75, 3.05) is 6.54 Å². The van der Waals surface area contributed by atoms with Crippen molar-refractivity contribution >= 4 is 11.9 Å². The van der Waals surface area contributed by atoms with Crippen LogP contribution in [-0.4, -0.2) is 50.3 Å². The Bertz CT molecular complexity index is 1070. The molecule has 35 heavy (non-hydrogen) atoms. The number of phenols is 1. The lowest BCUT2D eigenvalue weighted by Gasteiger charge is -2.64. The maximum absolute atomic E-state index is 13.1. The standard InChI is InChI=1S/C28H39NO6/c1-16-8-9-21-26(2,3)22(31)10-11-27(21,4)28(16)14-18-20(30)13-17-19(24(18)35-28)15-29(25(17)34)12-6-5-7-23(32)33/h13,16,21-22,30-31H,5-12,14-15H2,1-4H3,(H,32,33)/t16-,21+,22-,27+,28-/m1/s1. The lowest BCUT2D eigenvalue weighted by atomic mass is 9.43. The highest BCUT2D eigenvalue weighted by molar-refractivity contribution is 6.00. The lowest BCUT2D eigenvalue weighted by Crippen LogP contribution is -2.66. The summed E-state index contributed by atoms with van der Waals surface area (Å²) in [4.78, 5) is 25.7. The van der Waals surface area contributed by atoms with Crippen LogP contribution >= 0.6 is 0 Å². The molecule has 2 aliphatic carbocycles. The maximum Gasteiger partial charge on any atom is 0.303 e. The number of aliphatic hydroxyl groups excluding tert-OH is 1. The summed E-state index contributed by atoms with van der Waals surface area (Å²) in [5.74, 6) is 0.437. The van der Waals surface area contributed by atoms with E-state index in [0.717, 1.165) is 36.8 Å². The van der Waals surface area contributed by atoms with Gasteiger partial charge in [0.15, 0.2) is 0 Å². The molecule has 5 rings (SSSR count). The molecular weight excluding hydrogens is 446 g/mol. The second kappa shape index (κ2) is 8.12. The van der Waals surface area contributed by atoms with Crippen molar-refractivity contribution in [1.82, 2.24) is 4.90 Å². The molecule has 2 aliphatic heterocycles. The number of fused-ring (bicyclic) bond motifs is 5. The number of ether oxygens (including phenoxy) is 1. The van der Waals surface area contributed by atoms with E-state index in [9.17, 15) is 19.8 Å². The first-order chi connectivity index (χ1) is 16.4. The highest BCUT2D eigenvalue weighted by Crippen LogP contribution is 2.67. The van der Waals surface area contributed by atoms with Crippen molar-refractivity contribution in [3.63, 3.8) is 0 Å². The third-order valence-corrected chi connectivity index (χ3v) is 10.2. The van der Waals surface area contributed by atoms with E-state index in [0.29, 0.717) is 49.6 Å². The number of rotatable bonds is 5. The Morgan fingerprint density at radius 2 is 1.91 bits per heavy atom. The molecule has 192 valence electrons. The van der Waals surface area contributed by atoms with Crippen LogP contribution in [0.1, 0.15) is 94.1 Å². The third kappa shape index (κ3) is 3.40. The van der Waals surface area contributed by atoms with Gasteiger partial charge in [-0.05, 0) is 61.8 Å². The van der Waals surface area contributed by atoms with Crippen LogP contribution in [0.3, 0.4) is 0 Å². The van der Waals surface area contributed by atoms with Gasteiger partial charge >= 0.3 is 5.97 Å². The van der Waals surface area contributed by atoms with Crippen molar-refractivity contribution < 1.29 is 29.6 Å². The van der Waals surface area contributed by atoms with Crippen molar-refractivity contribution in [2.24, 2.45) is 22.7 Å². The predicted octanol–water partition coefficient (Wildman–Crippen LogP) is 4.51. The number of hydrogen-bond acceptors (Lipinski definition) is 5. The molecule has 1 aromatic carbocycles. The number of amides is 1. The number of unbranched alkanes of at least 4 members (excludes halogenated alkanes) is 1. The molecule has 1 aromatic rings. The minimum Gasteiger partial charge on any atom is -0.508 e. The number of carboxylic acid groups (broad SMARTS) is 1. The van der Waals surface area contributed by atoms with E-state index in [-0.39, 0.29) is 40.9 Å². The molecular formula is C28H39NO6. The van der Waals surface area contributed by atoms with Gasteiger partial charge in [-0.3, -0.25) is 9.59 Å². The van der Waals surface area contributed by atoms with Crippen LogP contribution < -0.4 is 4.74 Å². The van der Waals surface area contributed by atoms with Gasteiger partial charge in [0.05, 0.1) is 18.2 Å². The van der Waals surface area contributed by atoms with Gasteiger partial charge in [-0.25, -0.2) is 0 Å². The molecule has 7 heteroatoms. The Morgan fingerprint density at radius 3 is 2.63 bits per heavy atom. The minimum atomic E-state index is -0.825. The van der Waals surface area contributed by atoms with Gasteiger partial charge in [0.1, 0.15) is 17.1 Å². The highest BCUT2D eigenvalue weighted by atomic mass is 16.5. The first-order valence-corrected chi connectivity index (χ1v) is 13.2. The largest absolute Gasteiger partial charge is 0.508 e. The second-order valence-corrected chi connectivity index (χ2v) is 12.3. The average Bonchev–Trinajstić information content (AvgIpc) is 3.34. The number of aromatic hydroxyl groups is 1. The zero-order chi connectivity index (χ0) is 25.3. The summed E-state index contributed by atoms with van der Waals surface area (Å²) in [5.41, 5.74) is 1.30. The predicted molar refractivity (Wildman–Crippen MR) is 130 cm³/mol. The topological polar surface area (TPSA) is 107 Å². The first kappa shape index (κ1) is 24.4. The Balaban J connectivity index is 1.47. The Hall–Kier alpha value is -2.28. The number of aliphatic hydroxyl groups is 1. The van der Waals surface area contributed by atoms with Gasteiger partial charge in [-0.1, -0.05) is 27.7 Å². The molecule has 2 fully saturated rings. The fourth-order valence-corrected chi connectivity index (χ4v) is 8.09.